The van der Waals surface area contributed by atoms with Gasteiger partial charge < -0.3 is 4.74 Å². The molecule has 1 aliphatic heterocycles. The first-order valence-corrected chi connectivity index (χ1v) is 11.6. The van der Waals surface area contributed by atoms with Crippen LogP contribution < -0.4 is 15.2 Å². The molecule has 0 spiro atoms. The molecule has 36 heavy (non-hydrogen) atoms. The van der Waals surface area contributed by atoms with Crippen LogP contribution in [0.25, 0.3) is 0 Å². The molecule has 7 nitrogen and oxygen atoms in total. The number of rotatable bonds is 7. The van der Waals surface area contributed by atoms with Crippen LogP contribution in [-0.4, -0.2) is 29.9 Å². The molecular formula is C29H25N5O2. The van der Waals surface area contributed by atoms with Crippen LogP contribution in [0, 0.1) is 0 Å². The zero-order valence-electron chi connectivity index (χ0n) is 19.8. The van der Waals surface area contributed by atoms with Gasteiger partial charge in [0.05, 0.1) is 36.3 Å². The van der Waals surface area contributed by atoms with Crippen LogP contribution in [0.3, 0.4) is 0 Å². The summed E-state index contributed by atoms with van der Waals surface area (Å²) < 4.78 is 5.34. The normalized spacial score (nSPS) is 15.1. The van der Waals surface area contributed by atoms with Crippen molar-refractivity contribution in [1.29, 1.82) is 0 Å². The molecule has 2 heterocycles. The Morgan fingerprint density at radius 1 is 1.00 bits per heavy atom. The predicted octanol–water partition coefficient (Wildman–Crippen LogP) is 5.21. The third kappa shape index (κ3) is 5.15. The van der Waals surface area contributed by atoms with Crippen LogP contribution in [0.15, 0.2) is 114 Å². The number of amides is 1. The molecule has 1 amide bonds. The molecule has 1 aromatic heterocycles. The van der Waals surface area contributed by atoms with Gasteiger partial charge in [0.15, 0.2) is 0 Å². The maximum atomic E-state index is 12.1. The first-order valence-electron chi connectivity index (χ1n) is 11.6. The summed E-state index contributed by atoms with van der Waals surface area (Å²) in [5, 5.41) is 11.1. The molecule has 1 N–H and O–H groups in total. The molecule has 1 atom stereocenters. The molecule has 0 bridgehead atoms. The Balaban J connectivity index is 1.35. The van der Waals surface area contributed by atoms with E-state index in [1.807, 2.05) is 54.6 Å². The third-order valence-electron chi connectivity index (χ3n) is 5.98. The third-order valence-corrected chi connectivity index (χ3v) is 5.98. The number of methoxy groups -OCH3 is 1. The van der Waals surface area contributed by atoms with E-state index in [4.69, 9.17) is 9.84 Å². The van der Waals surface area contributed by atoms with Gasteiger partial charge >= 0.3 is 0 Å². The first-order chi connectivity index (χ1) is 17.7. The van der Waals surface area contributed by atoms with Gasteiger partial charge in [-0.25, -0.2) is 5.43 Å². The Labute approximate surface area is 209 Å². The molecular weight excluding hydrogens is 450 g/mol. The van der Waals surface area contributed by atoms with Crippen molar-refractivity contribution < 1.29 is 9.53 Å². The second-order valence-corrected chi connectivity index (χ2v) is 8.28. The lowest BCUT2D eigenvalue weighted by Gasteiger charge is -2.24. The van der Waals surface area contributed by atoms with Crippen LogP contribution in [0.1, 0.15) is 39.5 Å². The van der Waals surface area contributed by atoms with Crippen LogP contribution in [0.2, 0.25) is 0 Å². The fraction of sp³-hybridized carbons (Fsp3) is 0.103. The molecule has 4 aromatic rings. The second kappa shape index (κ2) is 10.7. The van der Waals surface area contributed by atoms with Crippen molar-refractivity contribution in [2.75, 3.05) is 12.1 Å². The van der Waals surface area contributed by atoms with E-state index < -0.39 is 0 Å². The molecule has 0 unspecified atom stereocenters. The number of ether oxygens (including phenoxy) is 1. The summed E-state index contributed by atoms with van der Waals surface area (Å²) >= 11 is 0. The lowest BCUT2D eigenvalue weighted by Crippen LogP contribution is -2.18. The molecule has 1 aliphatic rings. The second-order valence-electron chi connectivity index (χ2n) is 8.28. The number of pyridine rings is 1. The maximum Gasteiger partial charge on any atom is 0.272 e. The average molecular weight is 476 g/mol. The van der Waals surface area contributed by atoms with Crippen molar-refractivity contribution in [2.45, 2.75) is 12.5 Å². The number of hydrogen-bond donors (Lipinski definition) is 1. The molecule has 0 fully saturated rings. The summed E-state index contributed by atoms with van der Waals surface area (Å²) in [4.78, 5) is 16.1. The summed E-state index contributed by atoms with van der Waals surface area (Å²) in [6.07, 6.45) is 5.52. The monoisotopic (exact) mass is 475 g/mol. The van der Waals surface area contributed by atoms with Crippen molar-refractivity contribution in [3.63, 3.8) is 0 Å². The number of nitrogens with one attached hydrogen (secondary N) is 1. The maximum absolute atomic E-state index is 12.1. The van der Waals surface area contributed by atoms with Gasteiger partial charge in [-0.2, -0.15) is 10.2 Å². The van der Waals surface area contributed by atoms with Gasteiger partial charge in [-0.15, -0.1) is 0 Å². The van der Waals surface area contributed by atoms with Crippen LogP contribution in [0.4, 0.5) is 5.69 Å². The fourth-order valence-corrected chi connectivity index (χ4v) is 4.08. The number of carbonyl (C=O) groups is 1. The number of nitrogens with zero attached hydrogens (tertiary/aromatic N) is 4. The SMILES string of the molecule is COc1ccc([C@H]2CC(c3ccccc3)=NN2c2ccc(/C=N\NC(=O)c3cccnc3)cc2)cc1. The number of hydrogen-bond acceptors (Lipinski definition) is 6. The van der Waals surface area contributed by atoms with Gasteiger partial charge in [0.25, 0.3) is 5.91 Å². The van der Waals surface area contributed by atoms with E-state index in [1.165, 1.54) is 6.20 Å². The number of hydrazone groups is 2. The van der Waals surface area contributed by atoms with Gasteiger partial charge in [0.2, 0.25) is 0 Å². The van der Waals surface area contributed by atoms with Crippen LogP contribution in [0.5, 0.6) is 5.75 Å². The molecule has 5 rings (SSSR count). The van der Waals surface area contributed by atoms with E-state index in [9.17, 15) is 4.79 Å². The van der Waals surface area contributed by atoms with E-state index >= 15 is 0 Å². The number of carbonyl (C=O) groups excluding carboxylic acids is 1. The Bertz CT molecular complexity index is 1370. The van der Waals surface area contributed by atoms with Gasteiger partial charge in [-0.1, -0.05) is 54.6 Å². The van der Waals surface area contributed by atoms with E-state index in [0.29, 0.717) is 5.56 Å². The van der Waals surface area contributed by atoms with Crippen molar-refractivity contribution in [3.05, 3.63) is 126 Å². The summed E-state index contributed by atoms with van der Waals surface area (Å²) in [5.74, 6) is 0.518. The zero-order chi connectivity index (χ0) is 24.7. The van der Waals surface area contributed by atoms with Gasteiger partial charge in [0.1, 0.15) is 5.75 Å². The van der Waals surface area contributed by atoms with Crippen molar-refractivity contribution in [2.24, 2.45) is 10.2 Å². The highest BCUT2D eigenvalue weighted by Crippen LogP contribution is 2.37. The summed E-state index contributed by atoms with van der Waals surface area (Å²) in [6.45, 7) is 0. The molecule has 0 aliphatic carbocycles. The largest absolute Gasteiger partial charge is 0.497 e. The Kier molecular flexibility index (Phi) is 6.80. The summed E-state index contributed by atoms with van der Waals surface area (Å²) in [6, 6.07) is 29.8. The molecule has 0 saturated heterocycles. The minimum Gasteiger partial charge on any atom is -0.497 e. The fourth-order valence-electron chi connectivity index (χ4n) is 4.08. The van der Waals surface area contributed by atoms with Crippen molar-refractivity contribution in [1.82, 2.24) is 10.4 Å². The van der Waals surface area contributed by atoms with E-state index in [2.05, 4.69) is 44.8 Å². The van der Waals surface area contributed by atoms with Crippen molar-refractivity contribution >= 4 is 23.5 Å². The van der Waals surface area contributed by atoms with Gasteiger partial charge in [-0.05, 0) is 53.1 Å². The van der Waals surface area contributed by atoms with Gasteiger partial charge in [0, 0.05) is 18.8 Å². The van der Waals surface area contributed by atoms with Crippen LogP contribution in [-0.2, 0) is 0 Å². The highest BCUT2D eigenvalue weighted by atomic mass is 16.5. The average Bonchev–Trinajstić information content (AvgIpc) is 3.40. The highest BCUT2D eigenvalue weighted by Gasteiger charge is 2.29. The molecule has 0 saturated carbocycles. The first kappa shape index (κ1) is 23.0. The lowest BCUT2D eigenvalue weighted by atomic mass is 9.98. The zero-order valence-corrected chi connectivity index (χ0v) is 19.8. The summed E-state index contributed by atoms with van der Waals surface area (Å²) in [7, 11) is 1.67. The Morgan fingerprint density at radius 3 is 2.47 bits per heavy atom. The lowest BCUT2D eigenvalue weighted by molar-refractivity contribution is 0.0955. The number of benzene rings is 3. The molecule has 7 heteroatoms. The molecule has 3 aromatic carbocycles. The smallest absolute Gasteiger partial charge is 0.272 e. The quantitative estimate of drug-likeness (QED) is 0.294. The Hall–Kier alpha value is -4.78. The molecule has 0 radical (unpaired) electrons. The number of aromatic nitrogens is 1. The number of anilines is 1. The van der Waals surface area contributed by atoms with Crippen molar-refractivity contribution in [3.8, 4) is 5.75 Å². The Morgan fingerprint density at radius 2 is 1.78 bits per heavy atom. The van der Waals surface area contributed by atoms with Crippen LogP contribution >= 0.6 is 0 Å². The molecule has 178 valence electrons. The topological polar surface area (TPSA) is 79.2 Å². The van der Waals surface area contributed by atoms with Gasteiger partial charge in [-0.3, -0.25) is 14.8 Å². The highest BCUT2D eigenvalue weighted by molar-refractivity contribution is 6.03. The van der Waals surface area contributed by atoms with E-state index in [-0.39, 0.29) is 11.9 Å². The summed E-state index contributed by atoms with van der Waals surface area (Å²) in [5.41, 5.74) is 8.13. The predicted molar refractivity (Wildman–Crippen MR) is 142 cm³/mol. The standard InChI is InChI=1S/C29H25N5O2/c1-36-26-15-11-23(12-16-26)28-18-27(22-6-3-2-4-7-22)33-34(28)25-13-9-21(10-14-25)19-31-32-29(35)24-8-5-17-30-20-24/h2-17,19-20,28H,18H2,1H3,(H,32,35)/b31-19-/t28-/m1/s1. The van der Waals surface area contributed by atoms with E-state index in [1.54, 1.807) is 31.7 Å². The minimum absolute atomic E-state index is 0.0596. The minimum atomic E-state index is -0.307. The van der Waals surface area contributed by atoms with E-state index in [0.717, 1.165) is 40.3 Å².